The zero-order chi connectivity index (χ0) is 20.9. The van der Waals surface area contributed by atoms with Crippen molar-refractivity contribution in [3.8, 4) is 0 Å². The Morgan fingerprint density at radius 1 is 1.21 bits per heavy atom. The lowest BCUT2D eigenvalue weighted by Gasteiger charge is -2.26. The number of hydrogen-bond acceptors (Lipinski definition) is 5. The molecule has 0 N–H and O–H groups in total. The fraction of sp³-hybridized carbons (Fsp3) is 0.250. The molecule has 0 spiro atoms. The van der Waals surface area contributed by atoms with Crippen LogP contribution < -0.4 is 0 Å². The molecule has 0 saturated carbocycles. The van der Waals surface area contributed by atoms with Crippen LogP contribution in [-0.4, -0.2) is 45.0 Å². The van der Waals surface area contributed by atoms with Crippen LogP contribution in [-0.2, 0) is 30.9 Å². The zero-order valence-electron chi connectivity index (χ0n) is 15.4. The fourth-order valence-electron chi connectivity index (χ4n) is 2.73. The number of rotatable bonds is 6. The SMILES string of the molecule is O=C(/C=C/c1cc(Br)ccc1F)OCc1cccc(S(=O)(=O)N2CCOCC2)c1. The average Bonchev–Trinajstić information content (AvgIpc) is 2.73. The van der Waals surface area contributed by atoms with Crippen molar-refractivity contribution in [3.05, 3.63) is 70.0 Å². The van der Waals surface area contributed by atoms with Gasteiger partial charge in [0, 0.05) is 29.2 Å². The summed E-state index contributed by atoms with van der Waals surface area (Å²) < 4.78 is 51.5. The van der Waals surface area contributed by atoms with Gasteiger partial charge >= 0.3 is 5.97 Å². The van der Waals surface area contributed by atoms with Crippen LogP contribution in [0.1, 0.15) is 11.1 Å². The minimum absolute atomic E-state index is 0.101. The van der Waals surface area contributed by atoms with Crippen LogP contribution in [0.5, 0.6) is 0 Å². The van der Waals surface area contributed by atoms with Crippen molar-refractivity contribution in [1.29, 1.82) is 0 Å². The van der Waals surface area contributed by atoms with E-state index in [0.29, 0.717) is 36.3 Å². The van der Waals surface area contributed by atoms with E-state index in [9.17, 15) is 17.6 Å². The highest BCUT2D eigenvalue weighted by Crippen LogP contribution is 2.19. The van der Waals surface area contributed by atoms with Gasteiger partial charge in [0.1, 0.15) is 12.4 Å². The normalized spacial score (nSPS) is 15.5. The van der Waals surface area contributed by atoms with Gasteiger partial charge in [-0.15, -0.1) is 0 Å². The molecule has 1 aliphatic heterocycles. The van der Waals surface area contributed by atoms with Crippen molar-refractivity contribution >= 4 is 38.0 Å². The van der Waals surface area contributed by atoms with E-state index in [1.165, 1.54) is 28.6 Å². The van der Waals surface area contributed by atoms with Crippen LogP contribution in [0.4, 0.5) is 4.39 Å². The summed E-state index contributed by atoms with van der Waals surface area (Å²) in [5.41, 5.74) is 0.782. The molecule has 0 amide bonds. The summed E-state index contributed by atoms with van der Waals surface area (Å²) >= 11 is 3.24. The molecule has 3 rings (SSSR count). The topological polar surface area (TPSA) is 72.9 Å². The molecule has 9 heteroatoms. The van der Waals surface area contributed by atoms with Crippen molar-refractivity contribution in [2.45, 2.75) is 11.5 Å². The maximum atomic E-state index is 13.7. The third-order valence-electron chi connectivity index (χ3n) is 4.24. The quantitative estimate of drug-likeness (QED) is 0.465. The van der Waals surface area contributed by atoms with Gasteiger partial charge in [-0.25, -0.2) is 17.6 Å². The summed E-state index contributed by atoms with van der Waals surface area (Å²) in [5, 5.41) is 0. The predicted molar refractivity (Wildman–Crippen MR) is 109 cm³/mol. The summed E-state index contributed by atoms with van der Waals surface area (Å²) in [6, 6.07) is 10.6. The highest BCUT2D eigenvalue weighted by Gasteiger charge is 2.26. The van der Waals surface area contributed by atoms with Crippen molar-refractivity contribution < 1.29 is 27.1 Å². The number of carbonyl (C=O) groups excluding carboxylic acids is 1. The van der Waals surface area contributed by atoms with E-state index in [2.05, 4.69) is 15.9 Å². The van der Waals surface area contributed by atoms with Crippen molar-refractivity contribution in [1.82, 2.24) is 4.31 Å². The fourth-order valence-corrected chi connectivity index (χ4v) is 4.59. The lowest BCUT2D eigenvalue weighted by molar-refractivity contribution is -0.138. The van der Waals surface area contributed by atoms with Crippen molar-refractivity contribution in [2.24, 2.45) is 0 Å². The Morgan fingerprint density at radius 2 is 1.97 bits per heavy atom. The van der Waals surface area contributed by atoms with Gasteiger partial charge < -0.3 is 9.47 Å². The number of ether oxygens (including phenoxy) is 2. The molecule has 6 nitrogen and oxygen atoms in total. The van der Waals surface area contributed by atoms with E-state index in [-0.39, 0.29) is 17.1 Å². The number of halogens is 2. The van der Waals surface area contributed by atoms with E-state index in [4.69, 9.17) is 9.47 Å². The lowest BCUT2D eigenvalue weighted by Crippen LogP contribution is -2.40. The summed E-state index contributed by atoms with van der Waals surface area (Å²) in [5.74, 6) is -1.12. The van der Waals surface area contributed by atoms with Gasteiger partial charge in [-0.2, -0.15) is 4.31 Å². The highest BCUT2D eigenvalue weighted by molar-refractivity contribution is 9.10. The summed E-state index contributed by atoms with van der Waals surface area (Å²) in [6.45, 7) is 1.23. The van der Waals surface area contributed by atoms with Gasteiger partial charge in [-0.05, 0) is 42.0 Å². The number of hydrogen-bond donors (Lipinski definition) is 0. The first-order valence-electron chi connectivity index (χ1n) is 8.83. The highest BCUT2D eigenvalue weighted by atomic mass is 79.9. The number of sulfonamides is 1. The molecule has 1 aliphatic rings. The molecule has 1 heterocycles. The molecular formula is C20H19BrFNO5S. The Hall–Kier alpha value is -2.07. The van der Waals surface area contributed by atoms with Gasteiger partial charge in [-0.1, -0.05) is 28.1 Å². The van der Waals surface area contributed by atoms with E-state index in [1.807, 2.05) is 0 Å². The minimum atomic E-state index is -3.63. The van der Waals surface area contributed by atoms with E-state index >= 15 is 0 Å². The Kier molecular flexibility index (Phi) is 7.18. The number of nitrogens with zero attached hydrogens (tertiary/aromatic N) is 1. The van der Waals surface area contributed by atoms with Gasteiger partial charge in [-0.3, -0.25) is 0 Å². The molecule has 2 aromatic rings. The van der Waals surface area contributed by atoms with Crippen molar-refractivity contribution in [3.63, 3.8) is 0 Å². The third-order valence-corrected chi connectivity index (χ3v) is 6.63. The monoisotopic (exact) mass is 483 g/mol. The summed E-state index contributed by atoms with van der Waals surface area (Å²) in [6.07, 6.45) is 2.45. The first-order valence-corrected chi connectivity index (χ1v) is 11.1. The zero-order valence-corrected chi connectivity index (χ0v) is 17.8. The lowest BCUT2D eigenvalue weighted by atomic mass is 10.2. The Labute approximate surface area is 177 Å². The second kappa shape index (κ2) is 9.62. The van der Waals surface area contributed by atoms with E-state index in [0.717, 1.165) is 6.08 Å². The second-order valence-corrected chi connectivity index (χ2v) is 9.12. The van der Waals surface area contributed by atoms with Gasteiger partial charge in [0.05, 0.1) is 18.1 Å². The summed E-state index contributed by atoms with van der Waals surface area (Å²) in [4.78, 5) is 12.1. The molecule has 29 heavy (non-hydrogen) atoms. The molecule has 1 fully saturated rings. The Bertz CT molecular complexity index is 1020. The van der Waals surface area contributed by atoms with Gasteiger partial charge in [0.15, 0.2) is 0 Å². The van der Waals surface area contributed by atoms with Crippen LogP contribution in [0.15, 0.2) is 57.9 Å². The van der Waals surface area contributed by atoms with Crippen LogP contribution in [0.2, 0.25) is 0 Å². The van der Waals surface area contributed by atoms with Crippen LogP contribution in [0.25, 0.3) is 6.08 Å². The van der Waals surface area contributed by atoms with Gasteiger partial charge in [0.25, 0.3) is 0 Å². The van der Waals surface area contributed by atoms with Crippen LogP contribution >= 0.6 is 15.9 Å². The van der Waals surface area contributed by atoms with Crippen LogP contribution in [0, 0.1) is 5.82 Å². The third kappa shape index (κ3) is 5.72. The van der Waals surface area contributed by atoms with E-state index < -0.39 is 21.8 Å². The van der Waals surface area contributed by atoms with Gasteiger partial charge in [0.2, 0.25) is 10.0 Å². The first kappa shape index (κ1) is 21.6. The minimum Gasteiger partial charge on any atom is -0.458 e. The first-order chi connectivity index (χ1) is 13.9. The molecule has 0 aromatic heterocycles. The Balaban J connectivity index is 1.64. The summed E-state index contributed by atoms with van der Waals surface area (Å²) in [7, 11) is -3.63. The molecule has 0 bridgehead atoms. The molecule has 0 radical (unpaired) electrons. The predicted octanol–water partition coefficient (Wildman–Crippen LogP) is 3.37. The number of esters is 1. The second-order valence-electron chi connectivity index (χ2n) is 6.27. The average molecular weight is 484 g/mol. The van der Waals surface area contributed by atoms with Crippen molar-refractivity contribution in [2.75, 3.05) is 26.3 Å². The molecule has 154 valence electrons. The molecule has 0 unspecified atom stereocenters. The number of morpholine rings is 1. The standard InChI is InChI=1S/C20H19BrFNO5S/c21-17-5-6-19(22)16(13-17)4-7-20(24)28-14-15-2-1-3-18(12-15)29(25,26)23-8-10-27-11-9-23/h1-7,12-13H,8-11,14H2/b7-4+. The number of benzene rings is 2. The van der Waals surface area contributed by atoms with E-state index in [1.54, 1.807) is 24.3 Å². The number of carbonyl (C=O) groups is 1. The molecule has 1 saturated heterocycles. The maximum absolute atomic E-state index is 13.7. The molecule has 2 aromatic carbocycles. The maximum Gasteiger partial charge on any atom is 0.331 e. The molecule has 0 atom stereocenters. The van der Waals surface area contributed by atoms with Crippen LogP contribution in [0.3, 0.4) is 0 Å². The largest absolute Gasteiger partial charge is 0.458 e. The molecular weight excluding hydrogens is 465 g/mol. The smallest absolute Gasteiger partial charge is 0.331 e. The Morgan fingerprint density at radius 3 is 2.72 bits per heavy atom. The molecule has 0 aliphatic carbocycles.